The summed E-state index contributed by atoms with van der Waals surface area (Å²) < 4.78 is 1.90. The van der Waals surface area contributed by atoms with E-state index in [-0.39, 0.29) is 5.91 Å². The molecule has 0 atom stereocenters. The Morgan fingerprint density at radius 2 is 1.96 bits per heavy atom. The van der Waals surface area contributed by atoms with E-state index < -0.39 is 0 Å². The van der Waals surface area contributed by atoms with Crippen molar-refractivity contribution in [2.75, 3.05) is 23.0 Å². The van der Waals surface area contributed by atoms with Gasteiger partial charge in [0.1, 0.15) is 0 Å². The fourth-order valence-corrected chi connectivity index (χ4v) is 4.83. The quantitative estimate of drug-likeness (QED) is 0.591. The predicted molar refractivity (Wildman–Crippen MR) is 112 cm³/mol. The SMILES string of the molecule is Cn1c(SCC(=O)N2CCSc3ccccc32)nnc1-c1ccc(Cl)cc1. The first-order valence-electron chi connectivity index (χ1n) is 8.44. The third kappa shape index (κ3) is 3.85. The molecule has 0 bridgehead atoms. The topological polar surface area (TPSA) is 51.0 Å². The monoisotopic (exact) mass is 416 g/mol. The van der Waals surface area contributed by atoms with Crippen LogP contribution in [-0.2, 0) is 11.8 Å². The molecule has 0 spiro atoms. The number of para-hydroxylation sites is 1. The van der Waals surface area contributed by atoms with Gasteiger partial charge >= 0.3 is 0 Å². The molecule has 0 fully saturated rings. The van der Waals surface area contributed by atoms with Crippen LogP contribution in [-0.4, -0.2) is 38.7 Å². The van der Waals surface area contributed by atoms with Gasteiger partial charge in [0.05, 0.1) is 11.4 Å². The molecule has 0 saturated carbocycles. The number of thioether (sulfide) groups is 2. The standard InChI is InChI=1S/C19H17ClN4OS2/c1-23-18(13-6-8-14(20)9-7-13)21-22-19(23)27-12-17(25)24-10-11-26-16-5-3-2-4-15(16)24/h2-9H,10-12H2,1H3. The minimum absolute atomic E-state index is 0.0868. The average molecular weight is 417 g/mol. The van der Waals surface area contributed by atoms with Crippen molar-refractivity contribution in [3.63, 3.8) is 0 Å². The summed E-state index contributed by atoms with van der Waals surface area (Å²) in [5.74, 6) is 2.08. The average Bonchev–Trinajstić information content (AvgIpc) is 3.07. The maximum absolute atomic E-state index is 12.8. The third-order valence-electron chi connectivity index (χ3n) is 4.29. The van der Waals surface area contributed by atoms with E-state index in [0.717, 1.165) is 34.3 Å². The molecule has 0 unspecified atom stereocenters. The zero-order valence-corrected chi connectivity index (χ0v) is 17.0. The Morgan fingerprint density at radius 1 is 1.19 bits per heavy atom. The van der Waals surface area contributed by atoms with Crippen molar-refractivity contribution in [2.24, 2.45) is 7.05 Å². The minimum atomic E-state index is 0.0868. The van der Waals surface area contributed by atoms with Gasteiger partial charge in [-0.3, -0.25) is 4.79 Å². The number of hydrogen-bond donors (Lipinski definition) is 0. The molecular weight excluding hydrogens is 400 g/mol. The van der Waals surface area contributed by atoms with Gasteiger partial charge in [0.2, 0.25) is 5.91 Å². The molecular formula is C19H17ClN4OS2. The molecule has 2 aromatic carbocycles. The zero-order valence-electron chi connectivity index (χ0n) is 14.6. The summed E-state index contributed by atoms with van der Waals surface area (Å²) in [6.45, 7) is 0.732. The summed E-state index contributed by atoms with van der Waals surface area (Å²) in [4.78, 5) is 15.8. The molecule has 1 aliphatic rings. The Bertz CT molecular complexity index is 974. The lowest BCUT2D eigenvalue weighted by molar-refractivity contribution is -0.116. The Kier molecular flexibility index (Phi) is 5.43. The molecule has 27 heavy (non-hydrogen) atoms. The van der Waals surface area contributed by atoms with E-state index in [4.69, 9.17) is 11.6 Å². The van der Waals surface area contributed by atoms with Crippen LogP contribution < -0.4 is 4.90 Å². The van der Waals surface area contributed by atoms with E-state index in [1.54, 1.807) is 11.8 Å². The minimum Gasteiger partial charge on any atom is -0.310 e. The van der Waals surface area contributed by atoms with Crippen LogP contribution >= 0.6 is 35.1 Å². The third-order valence-corrected chi connectivity index (χ3v) is 6.59. The summed E-state index contributed by atoms with van der Waals surface area (Å²) in [5, 5.41) is 9.90. The Balaban J connectivity index is 1.47. The fraction of sp³-hybridized carbons (Fsp3) is 0.211. The second-order valence-electron chi connectivity index (χ2n) is 6.02. The summed E-state index contributed by atoms with van der Waals surface area (Å²) in [6, 6.07) is 15.5. The van der Waals surface area contributed by atoms with E-state index in [0.29, 0.717) is 15.9 Å². The van der Waals surface area contributed by atoms with Crippen LogP contribution in [0.15, 0.2) is 58.6 Å². The van der Waals surface area contributed by atoms with Gasteiger partial charge in [0.15, 0.2) is 11.0 Å². The van der Waals surface area contributed by atoms with Gasteiger partial charge in [-0.05, 0) is 36.4 Å². The van der Waals surface area contributed by atoms with Crippen molar-refractivity contribution in [3.05, 3.63) is 53.6 Å². The second kappa shape index (κ2) is 7.96. The summed E-state index contributed by atoms with van der Waals surface area (Å²) >= 11 is 9.15. The second-order valence-corrected chi connectivity index (χ2v) is 8.54. The van der Waals surface area contributed by atoms with Gasteiger partial charge in [0, 0.05) is 34.8 Å². The number of aromatic nitrogens is 3. The number of carbonyl (C=O) groups is 1. The van der Waals surface area contributed by atoms with Crippen LogP contribution in [0.4, 0.5) is 5.69 Å². The molecule has 0 radical (unpaired) electrons. The van der Waals surface area contributed by atoms with Crippen molar-refractivity contribution in [2.45, 2.75) is 10.1 Å². The molecule has 1 aliphatic heterocycles. The molecule has 2 heterocycles. The van der Waals surface area contributed by atoms with Gasteiger partial charge in [-0.25, -0.2) is 0 Å². The number of rotatable bonds is 4. The van der Waals surface area contributed by atoms with Gasteiger partial charge < -0.3 is 9.47 Å². The number of fused-ring (bicyclic) bond motifs is 1. The molecule has 3 aromatic rings. The molecule has 1 aromatic heterocycles. The van der Waals surface area contributed by atoms with Gasteiger partial charge in [-0.15, -0.1) is 22.0 Å². The first kappa shape index (κ1) is 18.4. The molecule has 5 nitrogen and oxygen atoms in total. The lowest BCUT2D eigenvalue weighted by Gasteiger charge is -2.28. The van der Waals surface area contributed by atoms with Crippen molar-refractivity contribution in [3.8, 4) is 11.4 Å². The van der Waals surface area contributed by atoms with Crippen molar-refractivity contribution >= 4 is 46.7 Å². The highest BCUT2D eigenvalue weighted by molar-refractivity contribution is 8.00. The van der Waals surface area contributed by atoms with Crippen LogP contribution in [0, 0.1) is 0 Å². The van der Waals surface area contributed by atoms with Crippen LogP contribution in [0.2, 0.25) is 5.02 Å². The molecule has 138 valence electrons. The molecule has 8 heteroatoms. The molecule has 4 rings (SSSR count). The largest absolute Gasteiger partial charge is 0.310 e. The van der Waals surface area contributed by atoms with Crippen molar-refractivity contribution in [1.29, 1.82) is 0 Å². The lowest BCUT2D eigenvalue weighted by Crippen LogP contribution is -2.36. The summed E-state index contributed by atoms with van der Waals surface area (Å²) in [7, 11) is 1.91. The van der Waals surface area contributed by atoms with E-state index in [9.17, 15) is 4.79 Å². The molecule has 0 N–H and O–H groups in total. The number of amides is 1. The molecule has 0 aliphatic carbocycles. The maximum Gasteiger partial charge on any atom is 0.237 e. The smallest absolute Gasteiger partial charge is 0.237 e. The lowest BCUT2D eigenvalue weighted by atomic mass is 10.2. The maximum atomic E-state index is 12.8. The first-order valence-corrected chi connectivity index (χ1v) is 10.8. The summed E-state index contributed by atoms with van der Waals surface area (Å²) in [6.07, 6.45) is 0. The number of halogens is 1. The highest BCUT2D eigenvalue weighted by atomic mass is 35.5. The van der Waals surface area contributed by atoms with Crippen molar-refractivity contribution in [1.82, 2.24) is 14.8 Å². The van der Waals surface area contributed by atoms with Crippen LogP contribution in [0.5, 0.6) is 0 Å². The van der Waals surface area contributed by atoms with E-state index in [1.807, 2.05) is 59.0 Å². The Morgan fingerprint density at radius 3 is 2.78 bits per heavy atom. The van der Waals surface area contributed by atoms with Gasteiger partial charge in [0.25, 0.3) is 0 Å². The van der Waals surface area contributed by atoms with Crippen LogP contribution in [0.3, 0.4) is 0 Å². The van der Waals surface area contributed by atoms with Gasteiger partial charge in [-0.1, -0.05) is 35.5 Å². The number of anilines is 1. The van der Waals surface area contributed by atoms with Crippen LogP contribution in [0.1, 0.15) is 0 Å². The fourth-order valence-electron chi connectivity index (χ4n) is 2.92. The van der Waals surface area contributed by atoms with E-state index in [2.05, 4.69) is 16.3 Å². The number of hydrogen-bond acceptors (Lipinski definition) is 5. The number of benzene rings is 2. The van der Waals surface area contributed by atoms with Crippen molar-refractivity contribution < 1.29 is 4.79 Å². The van der Waals surface area contributed by atoms with Crippen LogP contribution in [0.25, 0.3) is 11.4 Å². The highest BCUT2D eigenvalue weighted by Crippen LogP contribution is 2.35. The predicted octanol–water partition coefficient (Wildman–Crippen LogP) is 4.37. The normalized spacial score (nSPS) is 13.5. The first-order chi connectivity index (χ1) is 13.1. The number of carbonyl (C=O) groups excluding carboxylic acids is 1. The highest BCUT2D eigenvalue weighted by Gasteiger charge is 2.23. The molecule has 1 amide bonds. The van der Waals surface area contributed by atoms with E-state index in [1.165, 1.54) is 11.8 Å². The Labute approximate surface area is 171 Å². The zero-order chi connectivity index (χ0) is 18.8. The number of nitrogens with zero attached hydrogens (tertiary/aromatic N) is 4. The van der Waals surface area contributed by atoms with E-state index >= 15 is 0 Å². The summed E-state index contributed by atoms with van der Waals surface area (Å²) in [5.41, 5.74) is 1.94. The van der Waals surface area contributed by atoms with Gasteiger partial charge in [-0.2, -0.15) is 0 Å². The Hall–Kier alpha value is -1.96. The molecule has 0 saturated heterocycles.